The highest BCUT2D eigenvalue weighted by molar-refractivity contribution is 6.30. The first-order valence-corrected chi connectivity index (χ1v) is 11.4. The lowest BCUT2D eigenvalue weighted by Gasteiger charge is -2.37. The van der Waals surface area contributed by atoms with E-state index in [9.17, 15) is 9.90 Å². The summed E-state index contributed by atoms with van der Waals surface area (Å²) in [6.07, 6.45) is 3.23. The number of carbonyl (C=O) groups excluding carboxylic acids is 1. The summed E-state index contributed by atoms with van der Waals surface area (Å²) in [5.41, 5.74) is 5.81. The molecule has 2 aromatic rings. The zero-order chi connectivity index (χ0) is 22.3. The van der Waals surface area contributed by atoms with Crippen molar-refractivity contribution in [2.45, 2.75) is 65.0 Å². The van der Waals surface area contributed by atoms with Gasteiger partial charge in [0.1, 0.15) is 5.76 Å². The van der Waals surface area contributed by atoms with Crippen molar-refractivity contribution in [1.29, 1.82) is 0 Å². The van der Waals surface area contributed by atoms with E-state index >= 15 is 0 Å². The Morgan fingerprint density at radius 3 is 2.32 bits per heavy atom. The van der Waals surface area contributed by atoms with Crippen LogP contribution in [-0.2, 0) is 9.53 Å². The van der Waals surface area contributed by atoms with Crippen molar-refractivity contribution in [2.24, 2.45) is 0 Å². The predicted octanol–water partition coefficient (Wildman–Crippen LogP) is 6.05. The van der Waals surface area contributed by atoms with E-state index in [-0.39, 0.29) is 17.8 Å². The molecule has 1 spiro atoms. The molecule has 1 fully saturated rings. The predicted molar refractivity (Wildman–Crippen MR) is 125 cm³/mol. The molecule has 0 unspecified atom stereocenters. The van der Waals surface area contributed by atoms with Gasteiger partial charge in [-0.15, -0.1) is 0 Å². The fourth-order valence-electron chi connectivity index (χ4n) is 5.40. The van der Waals surface area contributed by atoms with Gasteiger partial charge < -0.3 is 15.2 Å². The molecule has 4 nitrogen and oxygen atoms in total. The van der Waals surface area contributed by atoms with Crippen molar-refractivity contribution in [3.8, 4) is 11.1 Å². The summed E-state index contributed by atoms with van der Waals surface area (Å²) in [5.74, 6) is -0.00553. The van der Waals surface area contributed by atoms with Crippen LogP contribution in [-0.4, -0.2) is 29.3 Å². The molecular formula is C26H30ClNO3. The molecule has 1 heterocycles. The zero-order valence-electron chi connectivity index (χ0n) is 18.6. The quantitative estimate of drug-likeness (QED) is 0.609. The molecule has 0 atom stereocenters. The van der Waals surface area contributed by atoms with Crippen molar-refractivity contribution in [1.82, 2.24) is 5.32 Å². The first-order valence-electron chi connectivity index (χ1n) is 11.0. The minimum absolute atomic E-state index is 0.185. The van der Waals surface area contributed by atoms with Crippen LogP contribution in [0.5, 0.6) is 0 Å². The Hall–Kier alpha value is -2.30. The van der Waals surface area contributed by atoms with Crippen molar-refractivity contribution < 1.29 is 14.6 Å². The van der Waals surface area contributed by atoms with E-state index in [2.05, 4.69) is 18.3 Å². The number of aryl methyl sites for hydroxylation is 2. The van der Waals surface area contributed by atoms with Crippen LogP contribution in [0.4, 0.5) is 0 Å². The lowest BCUT2D eigenvalue weighted by atomic mass is 9.78. The second kappa shape index (κ2) is 8.33. The molecule has 1 saturated carbocycles. The highest BCUT2D eigenvalue weighted by Gasteiger charge is 2.48. The van der Waals surface area contributed by atoms with E-state index in [0.717, 1.165) is 46.2 Å². The minimum Gasteiger partial charge on any atom is -0.509 e. The van der Waals surface area contributed by atoms with Crippen molar-refractivity contribution in [2.75, 3.05) is 6.61 Å². The highest BCUT2D eigenvalue weighted by atomic mass is 35.5. The van der Waals surface area contributed by atoms with Crippen LogP contribution in [0.3, 0.4) is 0 Å². The zero-order valence-corrected chi connectivity index (χ0v) is 19.4. The molecule has 0 bridgehead atoms. The number of ether oxygens (including phenoxy) is 1. The number of benzene rings is 2. The van der Waals surface area contributed by atoms with Gasteiger partial charge in [0.2, 0.25) is 0 Å². The van der Waals surface area contributed by atoms with Crippen LogP contribution in [0.15, 0.2) is 36.1 Å². The number of amides is 1. The fourth-order valence-corrected chi connectivity index (χ4v) is 5.52. The first kappa shape index (κ1) is 21.9. The molecule has 1 amide bonds. The van der Waals surface area contributed by atoms with Gasteiger partial charge in [-0.2, -0.15) is 0 Å². The van der Waals surface area contributed by atoms with E-state index in [1.165, 1.54) is 0 Å². The second-order valence-corrected chi connectivity index (χ2v) is 9.24. The van der Waals surface area contributed by atoms with Gasteiger partial charge >= 0.3 is 0 Å². The maximum atomic E-state index is 13.2. The number of rotatable bonds is 4. The van der Waals surface area contributed by atoms with Crippen LogP contribution < -0.4 is 5.32 Å². The summed E-state index contributed by atoms with van der Waals surface area (Å²) in [5, 5.41) is 15.2. The maximum absolute atomic E-state index is 13.2. The Morgan fingerprint density at radius 2 is 1.71 bits per heavy atom. The summed E-state index contributed by atoms with van der Waals surface area (Å²) < 4.78 is 5.76. The molecule has 164 valence electrons. The van der Waals surface area contributed by atoms with Gasteiger partial charge in [0, 0.05) is 11.6 Å². The summed E-state index contributed by atoms with van der Waals surface area (Å²) in [6.45, 7) is 8.80. The van der Waals surface area contributed by atoms with Gasteiger partial charge in [-0.3, -0.25) is 4.79 Å². The standard InChI is InChI=1S/C26H30ClNO3/c1-5-31-20-10-12-26(13-11-20)24(29)23(25(30)28-26)22-16(3)14-15(2)21(17(22)4)18-6-8-19(27)9-7-18/h6-9,14,20,29H,5,10-13H2,1-4H3,(H,28,30). The Kier molecular flexibility index (Phi) is 5.89. The van der Waals surface area contributed by atoms with Crippen molar-refractivity contribution in [3.05, 3.63) is 63.4 Å². The third-order valence-electron chi connectivity index (χ3n) is 6.81. The molecule has 4 rings (SSSR count). The van der Waals surface area contributed by atoms with Gasteiger partial charge in [0.05, 0.1) is 17.2 Å². The minimum atomic E-state index is -0.676. The molecule has 0 saturated heterocycles. The maximum Gasteiger partial charge on any atom is 0.256 e. The summed E-state index contributed by atoms with van der Waals surface area (Å²) in [7, 11) is 0. The monoisotopic (exact) mass is 439 g/mol. The SMILES string of the molecule is CCOC1CCC2(CC1)NC(=O)C(c1c(C)cc(C)c(-c3ccc(Cl)cc3)c1C)=C2O. The molecule has 0 radical (unpaired) electrons. The molecule has 2 aliphatic rings. The molecule has 31 heavy (non-hydrogen) atoms. The van der Waals surface area contributed by atoms with E-state index in [4.69, 9.17) is 16.3 Å². The number of hydrogen-bond acceptors (Lipinski definition) is 3. The summed E-state index contributed by atoms with van der Waals surface area (Å²) >= 11 is 6.09. The van der Waals surface area contributed by atoms with Crippen molar-refractivity contribution >= 4 is 23.1 Å². The number of hydrogen-bond donors (Lipinski definition) is 2. The largest absolute Gasteiger partial charge is 0.509 e. The Balaban J connectivity index is 1.80. The van der Waals surface area contributed by atoms with Gasteiger partial charge in [0.25, 0.3) is 5.91 Å². The normalized spacial score (nSPS) is 23.5. The lowest BCUT2D eigenvalue weighted by molar-refractivity contribution is -0.116. The van der Waals surface area contributed by atoms with Gasteiger partial charge in [-0.05, 0) is 98.9 Å². The molecule has 1 aliphatic carbocycles. The molecule has 5 heteroatoms. The summed E-state index contributed by atoms with van der Waals surface area (Å²) in [6, 6.07) is 9.84. The van der Waals surface area contributed by atoms with Crippen LogP contribution in [0.1, 0.15) is 54.9 Å². The Bertz CT molecular complexity index is 1050. The molecule has 1 aliphatic heterocycles. The Labute approximate surface area is 189 Å². The number of halogens is 1. The van der Waals surface area contributed by atoms with Crippen LogP contribution in [0, 0.1) is 20.8 Å². The van der Waals surface area contributed by atoms with E-state index in [1.807, 2.05) is 45.0 Å². The third-order valence-corrected chi connectivity index (χ3v) is 7.07. The average Bonchev–Trinajstić information content (AvgIpc) is 2.95. The molecule has 2 N–H and O–H groups in total. The number of aliphatic hydroxyl groups excluding tert-OH is 1. The van der Waals surface area contributed by atoms with E-state index in [1.54, 1.807) is 0 Å². The van der Waals surface area contributed by atoms with Gasteiger partial charge in [-0.25, -0.2) is 0 Å². The second-order valence-electron chi connectivity index (χ2n) is 8.81. The fraction of sp³-hybridized carbons (Fsp3) is 0.423. The first-order chi connectivity index (χ1) is 14.8. The van der Waals surface area contributed by atoms with Crippen LogP contribution >= 0.6 is 11.6 Å². The van der Waals surface area contributed by atoms with Crippen LogP contribution in [0.2, 0.25) is 5.02 Å². The molecular weight excluding hydrogens is 410 g/mol. The number of carbonyl (C=O) groups is 1. The van der Waals surface area contributed by atoms with Gasteiger partial charge in [0.15, 0.2) is 0 Å². The Morgan fingerprint density at radius 1 is 1.10 bits per heavy atom. The van der Waals surface area contributed by atoms with E-state index in [0.29, 0.717) is 30.0 Å². The number of nitrogens with one attached hydrogen (secondary N) is 1. The van der Waals surface area contributed by atoms with Crippen molar-refractivity contribution in [3.63, 3.8) is 0 Å². The third kappa shape index (κ3) is 3.77. The molecule has 2 aromatic carbocycles. The summed E-state index contributed by atoms with van der Waals surface area (Å²) in [4.78, 5) is 13.2. The molecule has 0 aromatic heterocycles. The van der Waals surface area contributed by atoms with E-state index < -0.39 is 5.54 Å². The van der Waals surface area contributed by atoms with Crippen LogP contribution in [0.25, 0.3) is 16.7 Å². The number of aliphatic hydroxyl groups is 1. The lowest BCUT2D eigenvalue weighted by Crippen LogP contribution is -2.48. The smallest absolute Gasteiger partial charge is 0.256 e. The van der Waals surface area contributed by atoms with Gasteiger partial charge in [-0.1, -0.05) is 29.8 Å². The average molecular weight is 440 g/mol. The topological polar surface area (TPSA) is 58.6 Å². The highest BCUT2D eigenvalue weighted by Crippen LogP contribution is 2.44.